The number of carbonyl (C=O) groups excluding carboxylic acids is 1. The van der Waals surface area contributed by atoms with Crippen molar-refractivity contribution in [1.29, 1.82) is 0 Å². The first-order valence-electron chi connectivity index (χ1n) is 8.32. The maximum Gasteiger partial charge on any atom is 0.417 e. The SMILES string of the molecule is O=C(NCCn1cnnc1)C1CCN(c2ccc(C(F)(F)F)cn2)CC1. The largest absolute Gasteiger partial charge is 0.417 e. The molecule has 3 heterocycles. The van der Waals surface area contributed by atoms with Gasteiger partial charge in [0.15, 0.2) is 0 Å². The van der Waals surface area contributed by atoms with Gasteiger partial charge in [0.1, 0.15) is 18.5 Å². The van der Waals surface area contributed by atoms with Gasteiger partial charge in [-0.3, -0.25) is 4.79 Å². The fraction of sp³-hybridized carbons (Fsp3) is 0.500. The van der Waals surface area contributed by atoms with Crippen LogP contribution in [0.4, 0.5) is 19.0 Å². The number of nitrogens with zero attached hydrogens (tertiary/aromatic N) is 5. The topological polar surface area (TPSA) is 75.9 Å². The summed E-state index contributed by atoms with van der Waals surface area (Å²) in [7, 11) is 0. The Morgan fingerprint density at radius 2 is 1.88 bits per heavy atom. The van der Waals surface area contributed by atoms with Gasteiger partial charge in [0, 0.05) is 38.3 Å². The number of halogens is 3. The van der Waals surface area contributed by atoms with Crippen molar-refractivity contribution in [3.63, 3.8) is 0 Å². The van der Waals surface area contributed by atoms with Crippen LogP contribution >= 0.6 is 0 Å². The Labute approximate surface area is 148 Å². The van der Waals surface area contributed by atoms with Gasteiger partial charge >= 0.3 is 6.18 Å². The number of rotatable bonds is 5. The third-order valence-electron chi connectivity index (χ3n) is 4.40. The third kappa shape index (κ3) is 4.50. The predicted molar refractivity (Wildman–Crippen MR) is 87.2 cm³/mol. The summed E-state index contributed by atoms with van der Waals surface area (Å²) in [6.45, 7) is 2.27. The van der Waals surface area contributed by atoms with Crippen LogP contribution in [-0.2, 0) is 17.5 Å². The number of hydrogen-bond donors (Lipinski definition) is 1. The van der Waals surface area contributed by atoms with E-state index < -0.39 is 11.7 Å². The van der Waals surface area contributed by atoms with Crippen LogP contribution in [0.3, 0.4) is 0 Å². The number of aromatic nitrogens is 4. The number of carbonyl (C=O) groups is 1. The van der Waals surface area contributed by atoms with Crippen molar-refractivity contribution < 1.29 is 18.0 Å². The van der Waals surface area contributed by atoms with Crippen LogP contribution in [0.2, 0.25) is 0 Å². The Morgan fingerprint density at radius 3 is 2.46 bits per heavy atom. The van der Waals surface area contributed by atoms with Crippen molar-refractivity contribution in [2.45, 2.75) is 25.6 Å². The Kier molecular flexibility index (Phi) is 5.38. The molecule has 0 radical (unpaired) electrons. The molecule has 0 saturated carbocycles. The smallest absolute Gasteiger partial charge is 0.357 e. The summed E-state index contributed by atoms with van der Waals surface area (Å²) < 4.78 is 39.5. The third-order valence-corrected chi connectivity index (χ3v) is 4.40. The summed E-state index contributed by atoms with van der Waals surface area (Å²) in [6, 6.07) is 2.41. The molecule has 1 fully saturated rings. The lowest BCUT2D eigenvalue weighted by Gasteiger charge is -2.32. The lowest BCUT2D eigenvalue weighted by Crippen LogP contribution is -2.41. The van der Waals surface area contributed by atoms with E-state index in [4.69, 9.17) is 0 Å². The minimum Gasteiger partial charge on any atom is -0.357 e. The molecule has 1 aliphatic rings. The standard InChI is InChI=1S/C16H19F3N6O/c17-16(18,19)13-1-2-14(21-9-13)25-6-3-12(4-7-25)15(26)20-5-8-24-10-22-23-11-24/h1-2,9-12H,3-8H2,(H,20,26). The summed E-state index contributed by atoms with van der Waals surface area (Å²) in [5.41, 5.74) is -0.761. The first kappa shape index (κ1) is 18.2. The minimum atomic E-state index is -4.39. The first-order chi connectivity index (χ1) is 12.4. The molecule has 26 heavy (non-hydrogen) atoms. The number of anilines is 1. The second-order valence-corrected chi connectivity index (χ2v) is 6.15. The van der Waals surface area contributed by atoms with Crippen molar-refractivity contribution in [2.24, 2.45) is 5.92 Å². The quantitative estimate of drug-likeness (QED) is 0.870. The van der Waals surface area contributed by atoms with Crippen molar-refractivity contribution in [3.8, 4) is 0 Å². The molecule has 7 nitrogen and oxygen atoms in total. The Bertz CT molecular complexity index is 709. The molecule has 3 rings (SSSR count). The summed E-state index contributed by atoms with van der Waals surface area (Å²) in [5, 5.41) is 10.3. The summed E-state index contributed by atoms with van der Waals surface area (Å²) in [5.74, 6) is 0.407. The van der Waals surface area contributed by atoms with Gasteiger partial charge in [-0.25, -0.2) is 4.98 Å². The summed E-state index contributed by atoms with van der Waals surface area (Å²) in [4.78, 5) is 18.0. The number of alkyl halides is 3. The van der Waals surface area contributed by atoms with Crippen LogP contribution < -0.4 is 10.2 Å². The monoisotopic (exact) mass is 368 g/mol. The van der Waals surface area contributed by atoms with Gasteiger partial charge in [0.2, 0.25) is 5.91 Å². The normalized spacial score (nSPS) is 15.9. The molecule has 0 spiro atoms. The number of hydrogen-bond acceptors (Lipinski definition) is 5. The van der Waals surface area contributed by atoms with Gasteiger partial charge in [-0.05, 0) is 25.0 Å². The maximum absolute atomic E-state index is 12.6. The number of pyridine rings is 1. The number of piperidine rings is 1. The number of nitrogens with one attached hydrogen (secondary N) is 1. The van der Waals surface area contributed by atoms with E-state index in [0.717, 1.165) is 12.3 Å². The van der Waals surface area contributed by atoms with Gasteiger partial charge in [-0.15, -0.1) is 10.2 Å². The zero-order chi connectivity index (χ0) is 18.6. The molecule has 1 aliphatic heterocycles. The molecule has 0 atom stereocenters. The van der Waals surface area contributed by atoms with Gasteiger partial charge in [0.05, 0.1) is 5.56 Å². The molecular weight excluding hydrogens is 349 g/mol. The summed E-state index contributed by atoms with van der Waals surface area (Å²) in [6.07, 6.45) is 0.911. The highest BCUT2D eigenvalue weighted by molar-refractivity contribution is 5.78. The summed E-state index contributed by atoms with van der Waals surface area (Å²) >= 11 is 0. The van der Waals surface area contributed by atoms with Crippen molar-refractivity contribution in [3.05, 3.63) is 36.5 Å². The molecule has 0 aliphatic carbocycles. The van der Waals surface area contributed by atoms with Crippen molar-refractivity contribution in [2.75, 3.05) is 24.5 Å². The Hall–Kier alpha value is -2.65. The molecule has 0 bridgehead atoms. The van der Waals surface area contributed by atoms with E-state index in [-0.39, 0.29) is 11.8 Å². The van der Waals surface area contributed by atoms with Crippen molar-refractivity contribution >= 4 is 11.7 Å². The Morgan fingerprint density at radius 1 is 1.19 bits per heavy atom. The van der Waals surface area contributed by atoms with E-state index >= 15 is 0 Å². The van der Waals surface area contributed by atoms with Crippen LogP contribution in [0.5, 0.6) is 0 Å². The van der Waals surface area contributed by atoms with Gasteiger partial charge in [-0.2, -0.15) is 13.2 Å². The molecule has 1 N–H and O–H groups in total. The highest BCUT2D eigenvalue weighted by Gasteiger charge is 2.31. The average molecular weight is 368 g/mol. The Balaban J connectivity index is 1.45. The highest BCUT2D eigenvalue weighted by Crippen LogP contribution is 2.30. The number of amides is 1. The minimum absolute atomic E-state index is 0.00176. The lowest BCUT2D eigenvalue weighted by molar-refractivity contribution is -0.137. The van der Waals surface area contributed by atoms with Crippen molar-refractivity contribution in [1.82, 2.24) is 25.1 Å². The molecule has 0 unspecified atom stereocenters. The van der Waals surface area contributed by atoms with Crippen LogP contribution in [0, 0.1) is 5.92 Å². The first-order valence-corrected chi connectivity index (χ1v) is 8.32. The molecule has 2 aromatic heterocycles. The van der Waals surface area contributed by atoms with Crippen LogP contribution in [0.25, 0.3) is 0 Å². The average Bonchev–Trinajstić information content (AvgIpc) is 3.15. The fourth-order valence-corrected chi connectivity index (χ4v) is 2.90. The molecule has 140 valence electrons. The molecule has 2 aromatic rings. The second-order valence-electron chi connectivity index (χ2n) is 6.15. The zero-order valence-electron chi connectivity index (χ0n) is 14.0. The van der Waals surface area contributed by atoms with Crippen LogP contribution in [0.1, 0.15) is 18.4 Å². The van der Waals surface area contributed by atoms with E-state index in [2.05, 4.69) is 20.5 Å². The van der Waals surface area contributed by atoms with E-state index in [1.165, 1.54) is 6.07 Å². The lowest BCUT2D eigenvalue weighted by atomic mass is 9.96. The van der Waals surface area contributed by atoms with Gasteiger partial charge in [0.25, 0.3) is 0 Å². The highest BCUT2D eigenvalue weighted by atomic mass is 19.4. The molecule has 0 aromatic carbocycles. The van der Waals surface area contributed by atoms with Crippen LogP contribution in [0.15, 0.2) is 31.0 Å². The van der Waals surface area contributed by atoms with E-state index in [9.17, 15) is 18.0 Å². The van der Waals surface area contributed by atoms with E-state index in [1.807, 2.05) is 4.90 Å². The fourth-order valence-electron chi connectivity index (χ4n) is 2.90. The van der Waals surface area contributed by atoms with Crippen LogP contribution in [-0.4, -0.2) is 45.3 Å². The molecule has 1 saturated heterocycles. The molecular formula is C16H19F3N6O. The van der Waals surface area contributed by atoms with E-state index in [1.54, 1.807) is 17.2 Å². The molecule has 10 heteroatoms. The predicted octanol–water partition coefficient (Wildman–Crippen LogP) is 1.72. The van der Waals surface area contributed by atoms with E-state index in [0.29, 0.717) is 44.8 Å². The van der Waals surface area contributed by atoms with Gasteiger partial charge in [-0.1, -0.05) is 0 Å². The zero-order valence-corrected chi connectivity index (χ0v) is 14.0. The maximum atomic E-state index is 12.6. The van der Waals surface area contributed by atoms with Gasteiger partial charge < -0.3 is 14.8 Å². The second kappa shape index (κ2) is 7.71. The molecule has 1 amide bonds.